The first-order valence-corrected chi connectivity index (χ1v) is 25.7. The molecule has 3 aliphatic rings. The third-order valence-electron chi connectivity index (χ3n) is 13.2. The first kappa shape index (κ1) is 53.6. The van der Waals surface area contributed by atoms with Gasteiger partial charge in [0, 0.05) is 113 Å². The average Bonchev–Trinajstić information content (AvgIpc) is 4.10. The van der Waals surface area contributed by atoms with Gasteiger partial charge in [-0.25, -0.2) is 18.6 Å². The van der Waals surface area contributed by atoms with Crippen LogP contribution in [0.4, 0.5) is 41.8 Å². The summed E-state index contributed by atoms with van der Waals surface area (Å²) < 4.78 is 50.1. The van der Waals surface area contributed by atoms with E-state index in [1.54, 1.807) is 62.2 Å². The highest BCUT2D eigenvalue weighted by Gasteiger charge is 2.35. The molecular weight excluding hydrogens is 981 g/mol. The van der Waals surface area contributed by atoms with E-state index in [1.807, 2.05) is 11.0 Å². The number of nitrogens with one attached hydrogen (secondary N) is 5. The maximum Gasteiger partial charge on any atom is 0.341 e. The molecule has 1 fully saturated rings. The number of hydrogen-bond acceptors (Lipinski definition) is 15. The Morgan fingerprint density at radius 1 is 0.932 bits per heavy atom. The number of alkyl halides is 2. The van der Waals surface area contributed by atoms with Crippen molar-refractivity contribution in [1.82, 2.24) is 34.7 Å². The highest BCUT2D eigenvalue weighted by molar-refractivity contribution is 7.19. The number of nitroso groups, excluding NO2 is 1. The molecule has 0 aliphatic carbocycles. The standard InChI is InChI=1S/C50H63F2N13O8S/c1-31-49(60-70)74-50(56-31)58-48(69)38-8-7-36(25-42(38)57-32(2)66)53-12-18-71-20-22-73-23-21-72-19-13-54-45(68)30-62-15-9-37(10-16-62)65-43-11-17-63(33(3)67)29-41(43)47(59-65)64-14-5-6-34-24-39(35-27-55-61(4)28-35)40(46(51)52)26-44(34)64/h7-8,24-28,37,46,53H,5-6,9-23,29-30H2,1-4H3,(H,54,68)(H,57,66)(H,56,58,69)/p+1. The molecule has 0 bridgehead atoms. The van der Waals surface area contributed by atoms with Crippen LogP contribution in [-0.4, -0.2) is 138 Å². The number of thiazole rings is 1. The molecule has 4 amide bonds. The molecule has 0 spiro atoms. The monoisotopic (exact) mass is 1040 g/mol. The van der Waals surface area contributed by atoms with Gasteiger partial charge in [0.05, 0.1) is 76.2 Å². The van der Waals surface area contributed by atoms with Crippen molar-refractivity contribution in [3.05, 3.63) is 81.3 Å². The SMILES string of the molecule is CC(=O)Nc1cc(NCCOCCOCCOCCNC(=O)CN2CCC(n3nc(N4CCCc5cc(-c6cnn(C)c6)c(C(F)F)cc54)c4c3CCN(C(C)=O)C4)CC2)ccc1C(=O)Nc1[nH+]c(C)c(N=O)s1. The number of carbonyl (C=O) groups excluding carboxylic acids is 4. The number of H-pyrrole nitrogens is 1. The van der Waals surface area contributed by atoms with Crippen LogP contribution in [0.15, 0.2) is 47.9 Å². The summed E-state index contributed by atoms with van der Waals surface area (Å²) in [5.41, 5.74) is 6.59. The molecule has 24 heteroatoms. The number of rotatable bonds is 23. The molecule has 21 nitrogen and oxygen atoms in total. The Kier molecular flexibility index (Phi) is 18.1. The number of carbonyl (C=O) groups is 4. The largest absolute Gasteiger partial charge is 0.383 e. The zero-order valence-electron chi connectivity index (χ0n) is 42.1. The van der Waals surface area contributed by atoms with Crippen LogP contribution in [0, 0.1) is 11.8 Å². The number of aromatic amines is 1. The van der Waals surface area contributed by atoms with Crippen molar-refractivity contribution in [3.63, 3.8) is 0 Å². The van der Waals surface area contributed by atoms with E-state index in [1.165, 1.54) is 6.92 Å². The molecule has 5 N–H and O–H groups in total. The van der Waals surface area contributed by atoms with Crippen LogP contribution in [0.2, 0.25) is 0 Å². The summed E-state index contributed by atoms with van der Waals surface area (Å²) in [5.74, 6) is -0.190. The molecule has 74 heavy (non-hydrogen) atoms. The topological polar surface area (TPSA) is 233 Å². The number of likely N-dealkylation sites (tertiary alicyclic amines) is 1. The van der Waals surface area contributed by atoms with Crippen LogP contribution in [0.5, 0.6) is 0 Å². The van der Waals surface area contributed by atoms with E-state index >= 15 is 0 Å². The molecule has 8 rings (SSSR count). The van der Waals surface area contributed by atoms with Gasteiger partial charge in [-0.05, 0) is 83.7 Å². The van der Waals surface area contributed by atoms with Crippen LogP contribution in [0.1, 0.15) is 84.0 Å². The van der Waals surface area contributed by atoms with E-state index in [0.29, 0.717) is 125 Å². The van der Waals surface area contributed by atoms with Crippen molar-refractivity contribution >= 4 is 68.0 Å². The fourth-order valence-corrected chi connectivity index (χ4v) is 10.4. The van der Waals surface area contributed by atoms with Gasteiger partial charge in [-0.2, -0.15) is 15.5 Å². The van der Waals surface area contributed by atoms with Gasteiger partial charge in [0.25, 0.3) is 6.43 Å². The summed E-state index contributed by atoms with van der Waals surface area (Å²) in [5, 5.41) is 24.5. The molecule has 6 heterocycles. The second-order valence-corrected chi connectivity index (χ2v) is 19.5. The number of ether oxygens (including phenoxy) is 3. The number of fused-ring (bicyclic) bond motifs is 2. The molecule has 3 aromatic heterocycles. The normalized spacial score (nSPS) is 15.0. The zero-order valence-corrected chi connectivity index (χ0v) is 43.0. The van der Waals surface area contributed by atoms with Crippen molar-refractivity contribution in [2.75, 3.05) is 106 Å². The number of piperidine rings is 1. The lowest BCUT2D eigenvalue weighted by Gasteiger charge is -2.33. The van der Waals surface area contributed by atoms with Crippen LogP contribution >= 0.6 is 11.3 Å². The Labute approximate surface area is 431 Å². The molecule has 0 saturated carbocycles. The molecule has 0 unspecified atom stereocenters. The third-order valence-corrected chi connectivity index (χ3v) is 14.2. The maximum absolute atomic E-state index is 14.7. The van der Waals surface area contributed by atoms with Crippen LogP contribution in [-0.2, 0) is 55.0 Å². The summed E-state index contributed by atoms with van der Waals surface area (Å²) in [6, 6.07) is 8.54. The Balaban J connectivity index is 0.723. The molecule has 3 aliphatic heterocycles. The van der Waals surface area contributed by atoms with E-state index in [0.717, 1.165) is 65.3 Å². The van der Waals surface area contributed by atoms with E-state index < -0.39 is 12.3 Å². The molecule has 0 atom stereocenters. The van der Waals surface area contributed by atoms with Gasteiger partial charge in [0.15, 0.2) is 5.82 Å². The number of aryl methyl sites for hydroxylation is 3. The van der Waals surface area contributed by atoms with E-state index in [4.69, 9.17) is 19.3 Å². The third kappa shape index (κ3) is 13.3. The van der Waals surface area contributed by atoms with E-state index in [2.05, 4.69) is 51.0 Å². The van der Waals surface area contributed by atoms with E-state index in [9.17, 15) is 32.9 Å². The van der Waals surface area contributed by atoms with Gasteiger partial charge in [-0.3, -0.25) is 28.6 Å². The number of amides is 4. The predicted molar refractivity (Wildman–Crippen MR) is 274 cm³/mol. The predicted octanol–water partition coefficient (Wildman–Crippen LogP) is 5.92. The molecular formula is C50H64F2N13O8S+. The van der Waals surface area contributed by atoms with Gasteiger partial charge in [0.1, 0.15) is 5.69 Å². The summed E-state index contributed by atoms with van der Waals surface area (Å²) in [7, 11) is 1.77. The van der Waals surface area contributed by atoms with Crippen LogP contribution < -0.4 is 31.2 Å². The first-order chi connectivity index (χ1) is 35.8. The van der Waals surface area contributed by atoms with E-state index in [-0.39, 0.29) is 46.4 Å². The van der Waals surface area contributed by atoms with Gasteiger partial charge >= 0.3 is 11.0 Å². The van der Waals surface area contributed by atoms with Crippen molar-refractivity contribution in [1.29, 1.82) is 0 Å². The fraction of sp³-hybridized carbons (Fsp3) is 0.500. The molecule has 0 radical (unpaired) electrons. The molecule has 5 aromatic rings. The highest BCUT2D eigenvalue weighted by Crippen LogP contribution is 2.44. The minimum Gasteiger partial charge on any atom is -0.383 e. The minimum atomic E-state index is -2.69. The average molecular weight is 1050 g/mol. The number of nitrogens with zero attached hydrogens (tertiary/aromatic N) is 8. The van der Waals surface area contributed by atoms with Crippen LogP contribution in [0.25, 0.3) is 11.1 Å². The molecule has 2 aromatic carbocycles. The highest BCUT2D eigenvalue weighted by atomic mass is 32.1. The summed E-state index contributed by atoms with van der Waals surface area (Å²) in [4.78, 5) is 70.3. The number of anilines is 5. The maximum atomic E-state index is 14.7. The summed E-state index contributed by atoms with van der Waals surface area (Å²) in [6.07, 6.45) is 4.46. The Bertz CT molecular complexity index is 2810. The Morgan fingerprint density at radius 2 is 1.68 bits per heavy atom. The van der Waals surface area contributed by atoms with Gasteiger partial charge < -0.3 is 40.0 Å². The lowest BCUT2D eigenvalue weighted by atomic mass is 9.92. The Morgan fingerprint density at radius 3 is 2.35 bits per heavy atom. The smallest absolute Gasteiger partial charge is 0.341 e. The van der Waals surface area contributed by atoms with Crippen molar-refractivity contribution in [3.8, 4) is 11.1 Å². The second kappa shape index (κ2) is 25.0. The summed E-state index contributed by atoms with van der Waals surface area (Å²) >= 11 is 1.01. The lowest BCUT2D eigenvalue weighted by Crippen LogP contribution is -2.43. The van der Waals surface area contributed by atoms with Crippen LogP contribution in [0.3, 0.4) is 0 Å². The van der Waals surface area contributed by atoms with Crippen molar-refractivity contribution in [2.45, 2.75) is 71.9 Å². The zero-order chi connectivity index (χ0) is 52.3. The van der Waals surface area contributed by atoms with Crippen molar-refractivity contribution in [2.24, 2.45) is 12.2 Å². The number of hydrogen-bond donors (Lipinski definition) is 4. The van der Waals surface area contributed by atoms with Crippen molar-refractivity contribution < 1.29 is 47.2 Å². The molecule has 1 saturated heterocycles. The molecule has 396 valence electrons. The Hall–Kier alpha value is -6.73. The quantitative estimate of drug-likeness (QED) is 0.0440. The van der Waals surface area contributed by atoms with Gasteiger partial charge in [0.2, 0.25) is 22.7 Å². The minimum absolute atomic E-state index is 0.0169. The van der Waals surface area contributed by atoms with Gasteiger partial charge in [-0.1, -0.05) is 0 Å². The number of aromatic nitrogens is 5. The second-order valence-electron chi connectivity index (χ2n) is 18.5. The number of halogens is 2. The van der Waals surface area contributed by atoms with Gasteiger partial charge in [-0.15, -0.1) is 4.91 Å². The summed E-state index contributed by atoms with van der Waals surface area (Å²) in [6.45, 7) is 10.9. The number of benzene rings is 2. The lowest BCUT2D eigenvalue weighted by molar-refractivity contribution is -0.363. The fourth-order valence-electron chi connectivity index (χ4n) is 9.61. The first-order valence-electron chi connectivity index (χ1n) is 24.9.